The van der Waals surface area contributed by atoms with Gasteiger partial charge < -0.3 is 5.73 Å². The van der Waals surface area contributed by atoms with E-state index in [1.54, 1.807) is 0 Å². The average Bonchev–Trinajstić information content (AvgIpc) is 2.17. The summed E-state index contributed by atoms with van der Waals surface area (Å²) in [7, 11) is 0. The summed E-state index contributed by atoms with van der Waals surface area (Å²) in [4.78, 5) is 4.27. The number of pyridine rings is 1. The molecule has 2 heteroatoms. The maximum absolute atomic E-state index is 5.79. The van der Waals surface area contributed by atoms with Gasteiger partial charge in [-0.25, -0.2) is 0 Å². The van der Waals surface area contributed by atoms with Crippen LogP contribution in [0, 0.1) is 6.92 Å². The highest BCUT2D eigenvalue weighted by atomic mass is 14.7. The molecule has 0 saturated heterocycles. The largest absolute Gasteiger partial charge is 0.328 e. The van der Waals surface area contributed by atoms with E-state index in [4.69, 9.17) is 5.73 Å². The fourth-order valence-corrected chi connectivity index (χ4v) is 1.88. The van der Waals surface area contributed by atoms with Crippen LogP contribution < -0.4 is 5.73 Å². The summed E-state index contributed by atoms with van der Waals surface area (Å²) in [6.45, 7) is 4.07. The molecule has 1 aromatic heterocycles. The first-order valence-corrected chi connectivity index (χ1v) is 5.26. The van der Waals surface area contributed by atoms with Gasteiger partial charge in [-0.3, -0.25) is 4.98 Å². The van der Waals surface area contributed by atoms with E-state index in [0.29, 0.717) is 0 Å². The molecule has 1 heterocycles. The Hall–Kier alpha value is -1.41. The molecule has 0 amide bonds. The Morgan fingerprint density at radius 1 is 1.33 bits per heavy atom. The van der Waals surface area contributed by atoms with Crippen LogP contribution in [0.15, 0.2) is 30.5 Å². The molecule has 0 bridgehead atoms. The van der Waals surface area contributed by atoms with E-state index in [2.05, 4.69) is 23.2 Å². The molecular formula is C13H16N2. The van der Waals surface area contributed by atoms with E-state index in [9.17, 15) is 0 Å². The lowest BCUT2D eigenvalue weighted by molar-refractivity contribution is 0.739. The second-order valence-electron chi connectivity index (χ2n) is 4.13. The molecule has 1 atom stereocenters. The Kier molecular flexibility index (Phi) is 2.69. The highest BCUT2D eigenvalue weighted by Gasteiger charge is 2.01. The SMILES string of the molecule is Cc1nccc2cc(CC(C)N)ccc12. The third kappa shape index (κ3) is 2.16. The summed E-state index contributed by atoms with van der Waals surface area (Å²) in [5.41, 5.74) is 8.16. The zero-order chi connectivity index (χ0) is 10.8. The van der Waals surface area contributed by atoms with Gasteiger partial charge in [-0.2, -0.15) is 0 Å². The zero-order valence-electron chi connectivity index (χ0n) is 9.20. The summed E-state index contributed by atoms with van der Waals surface area (Å²) in [5.74, 6) is 0. The van der Waals surface area contributed by atoms with Gasteiger partial charge in [-0.1, -0.05) is 18.2 Å². The molecule has 0 fully saturated rings. The normalized spacial score (nSPS) is 13.0. The fourth-order valence-electron chi connectivity index (χ4n) is 1.88. The molecule has 0 aliphatic carbocycles. The molecule has 2 aromatic rings. The van der Waals surface area contributed by atoms with E-state index in [1.807, 2.05) is 26.1 Å². The number of hydrogen-bond donors (Lipinski definition) is 1. The fraction of sp³-hybridized carbons (Fsp3) is 0.308. The molecule has 0 aliphatic rings. The topological polar surface area (TPSA) is 38.9 Å². The number of nitrogens with two attached hydrogens (primary N) is 1. The Balaban J connectivity index is 2.48. The van der Waals surface area contributed by atoms with Gasteiger partial charge in [0.2, 0.25) is 0 Å². The van der Waals surface area contributed by atoms with Crippen LogP contribution >= 0.6 is 0 Å². The summed E-state index contributed by atoms with van der Waals surface area (Å²) in [6, 6.07) is 8.74. The number of benzene rings is 1. The van der Waals surface area contributed by atoms with Crippen molar-refractivity contribution in [3.8, 4) is 0 Å². The molecular weight excluding hydrogens is 184 g/mol. The molecule has 0 saturated carbocycles. The first-order valence-electron chi connectivity index (χ1n) is 5.26. The molecule has 2 N–H and O–H groups in total. The summed E-state index contributed by atoms with van der Waals surface area (Å²) in [5, 5.41) is 2.48. The summed E-state index contributed by atoms with van der Waals surface area (Å²) < 4.78 is 0. The minimum absolute atomic E-state index is 0.213. The number of rotatable bonds is 2. The van der Waals surface area contributed by atoms with Crippen molar-refractivity contribution in [2.24, 2.45) is 5.73 Å². The number of nitrogens with zero attached hydrogens (tertiary/aromatic N) is 1. The van der Waals surface area contributed by atoms with Crippen molar-refractivity contribution < 1.29 is 0 Å². The van der Waals surface area contributed by atoms with E-state index >= 15 is 0 Å². The van der Waals surface area contributed by atoms with E-state index < -0.39 is 0 Å². The maximum Gasteiger partial charge on any atom is 0.0450 e. The van der Waals surface area contributed by atoms with Gasteiger partial charge in [0.15, 0.2) is 0 Å². The van der Waals surface area contributed by atoms with Crippen LogP contribution in [0.25, 0.3) is 10.8 Å². The molecule has 2 nitrogen and oxygen atoms in total. The summed E-state index contributed by atoms with van der Waals surface area (Å²) in [6.07, 6.45) is 2.78. The minimum Gasteiger partial charge on any atom is -0.328 e. The Morgan fingerprint density at radius 3 is 2.87 bits per heavy atom. The first kappa shape index (κ1) is 10.1. The lowest BCUT2D eigenvalue weighted by Crippen LogP contribution is -2.17. The molecule has 1 aromatic carbocycles. The van der Waals surface area contributed by atoms with Crippen LogP contribution in [0.1, 0.15) is 18.2 Å². The van der Waals surface area contributed by atoms with Crippen LogP contribution in [-0.2, 0) is 6.42 Å². The predicted molar refractivity (Wildman–Crippen MR) is 63.8 cm³/mol. The quantitative estimate of drug-likeness (QED) is 0.808. The number of aryl methyl sites for hydroxylation is 1. The third-order valence-corrected chi connectivity index (χ3v) is 2.59. The Morgan fingerprint density at radius 2 is 2.13 bits per heavy atom. The van der Waals surface area contributed by atoms with Gasteiger partial charge in [0.1, 0.15) is 0 Å². The van der Waals surface area contributed by atoms with Crippen LogP contribution in [0.2, 0.25) is 0 Å². The maximum atomic E-state index is 5.79. The molecule has 0 aliphatic heterocycles. The standard InChI is InChI=1S/C13H16N2/c1-9(14)7-11-3-4-13-10(2)15-6-5-12(13)8-11/h3-6,8-9H,7,14H2,1-2H3. The van der Waals surface area contributed by atoms with Crippen molar-refractivity contribution in [2.45, 2.75) is 26.3 Å². The highest BCUT2D eigenvalue weighted by Crippen LogP contribution is 2.18. The van der Waals surface area contributed by atoms with Crippen molar-refractivity contribution in [3.63, 3.8) is 0 Å². The minimum atomic E-state index is 0.213. The van der Waals surface area contributed by atoms with E-state index in [0.717, 1.165) is 12.1 Å². The van der Waals surface area contributed by atoms with Crippen LogP contribution in [-0.4, -0.2) is 11.0 Å². The number of aromatic nitrogens is 1. The summed E-state index contributed by atoms with van der Waals surface area (Å²) >= 11 is 0. The van der Waals surface area contributed by atoms with Gasteiger partial charge >= 0.3 is 0 Å². The second-order valence-corrected chi connectivity index (χ2v) is 4.13. The van der Waals surface area contributed by atoms with Crippen molar-refractivity contribution in [1.29, 1.82) is 0 Å². The van der Waals surface area contributed by atoms with Crippen molar-refractivity contribution >= 4 is 10.8 Å². The van der Waals surface area contributed by atoms with E-state index in [1.165, 1.54) is 16.3 Å². The molecule has 0 radical (unpaired) electrons. The van der Waals surface area contributed by atoms with Crippen LogP contribution in [0.5, 0.6) is 0 Å². The average molecular weight is 200 g/mol. The third-order valence-electron chi connectivity index (χ3n) is 2.59. The zero-order valence-corrected chi connectivity index (χ0v) is 9.20. The van der Waals surface area contributed by atoms with E-state index in [-0.39, 0.29) is 6.04 Å². The molecule has 0 spiro atoms. The number of fused-ring (bicyclic) bond motifs is 1. The van der Waals surface area contributed by atoms with Crippen LogP contribution in [0.4, 0.5) is 0 Å². The first-order chi connectivity index (χ1) is 7.16. The van der Waals surface area contributed by atoms with Gasteiger partial charge in [0.25, 0.3) is 0 Å². The molecule has 2 rings (SSSR count). The van der Waals surface area contributed by atoms with Gasteiger partial charge in [0, 0.05) is 23.3 Å². The Bertz CT molecular complexity index is 475. The van der Waals surface area contributed by atoms with Crippen molar-refractivity contribution in [2.75, 3.05) is 0 Å². The lowest BCUT2D eigenvalue weighted by atomic mass is 10.0. The van der Waals surface area contributed by atoms with Crippen LogP contribution in [0.3, 0.4) is 0 Å². The second kappa shape index (κ2) is 3.99. The van der Waals surface area contributed by atoms with Crippen molar-refractivity contribution in [1.82, 2.24) is 4.98 Å². The number of hydrogen-bond acceptors (Lipinski definition) is 2. The van der Waals surface area contributed by atoms with Gasteiger partial charge in [-0.15, -0.1) is 0 Å². The predicted octanol–water partition coefficient (Wildman–Crippen LogP) is 2.43. The molecule has 78 valence electrons. The Labute approximate surface area is 90.1 Å². The van der Waals surface area contributed by atoms with Gasteiger partial charge in [0.05, 0.1) is 0 Å². The lowest BCUT2D eigenvalue weighted by Gasteiger charge is -2.07. The molecule has 1 unspecified atom stereocenters. The molecule has 15 heavy (non-hydrogen) atoms. The highest BCUT2D eigenvalue weighted by molar-refractivity contribution is 5.84. The smallest absolute Gasteiger partial charge is 0.0450 e. The van der Waals surface area contributed by atoms with Gasteiger partial charge in [-0.05, 0) is 37.3 Å². The van der Waals surface area contributed by atoms with Crippen molar-refractivity contribution in [3.05, 3.63) is 41.7 Å². The monoisotopic (exact) mass is 200 g/mol.